The van der Waals surface area contributed by atoms with Crippen molar-refractivity contribution in [1.29, 1.82) is 0 Å². The van der Waals surface area contributed by atoms with Gasteiger partial charge in [-0.1, -0.05) is 29.8 Å². The highest BCUT2D eigenvalue weighted by molar-refractivity contribution is 7.85. The van der Waals surface area contributed by atoms with Crippen molar-refractivity contribution < 1.29 is 17.8 Å². The molecule has 0 aromatic heterocycles. The van der Waals surface area contributed by atoms with Gasteiger partial charge in [0.05, 0.1) is 4.90 Å². The monoisotopic (exact) mass is 290 g/mol. The van der Waals surface area contributed by atoms with Crippen molar-refractivity contribution in [2.24, 2.45) is 0 Å². The lowest BCUT2D eigenvalue weighted by Crippen LogP contribution is -2.06. The van der Waals surface area contributed by atoms with Gasteiger partial charge in [0, 0.05) is 11.1 Å². The second-order valence-corrected chi connectivity index (χ2v) is 6.07. The van der Waals surface area contributed by atoms with Gasteiger partial charge >= 0.3 is 0 Å². The van der Waals surface area contributed by atoms with Gasteiger partial charge < -0.3 is 0 Å². The van der Waals surface area contributed by atoms with Gasteiger partial charge in [-0.05, 0) is 37.6 Å². The average Bonchev–Trinajstić information content (AvgIpc) is 2.40. The van der Waals surface area contributed by atoms with Gasteiger partial charge in [0.2, 0.25) is 0 Å². The van der Waals surface area contributed by atoms with Crippen LogP contribution in [-0.2, 0) is 10.1 Å². The van der Waals surface area contributed by atoms with Crippen molar-refractivity contribution in [3.05, 3.63) is 64.7 Å². The van der Waals surface area contributed by atoms with E-state index in [0.717, 1.165) is 11.1 Å². The number of benzene rings is 2. The first-order valence-corrected chi connectivity index (χ1v) is 7.42. The van der Waals surface area contributed by atoms with Gasteiger partial charge in [-0.3, -0.25) is 9.35 Å². The second kappa shape index (κ2) is 5.19. The van der Waals surface area contributed by atoms with Crippen LogP contribution in [0.15, 0.2) is 47.4 Å². The van der Waals surface area contributed by atoms with Crippen molar-refractivity contribution in [2.75, 3.05) is 0 Å². The number of rotatable bonds is 3. The van der Waals surface area contributed by atoms with E-state index in [9.17, 15) is 13.2 Å². The Kier molecular flexibility index (Phi) is 3.74. The summed E-state index contributed by atoms with van der Waals surface area (Å²) in [6, 6.07) is 10.9. The normalized spacial score (nSPS) is 11.3. The molecule has 2 rings (SSSR count). The highest BCUT2D eigenvalue weighted by Crippen LogP contribution is 2.18. The lowest BCUT2D eigenvalue weighted by atomic mass is 9.97. The molecule has 20 heavy (non-hydrogen) atoms. The predicted octanol–water partition coefficient (Wildman–Crippen LogP) is 2.78. The molecule has 2 aromatic carbocycles. The van der Waals surface area contributed by atoms with E-state index in [-0.39, 0.29) is 16.2 Å². The van der Waals surface area contributed by atoms with Crippen LogP contribution in [0.4, 0.5) is 0 Å². The van der Waals surface area contributed by atoms with Crippen LogP contribution in [0.25, 0.3) is 0 Å². The molecule has 0 unspecified atom stereocenters. The summed E-state index contributed by atoms with van der Waals surface area (Å²) in [5.74, 6) is -0.267. The Bertz CT molecular complexity index is 776. The summed E-state index contributed by atoms with van der Waals surface area (Å²) in [5, 5.41) is 0. The van der Waals surface area contributed by atoms with Crippen molar-refractivity contribution in [2.45, 2.75) is 18.7 Å². The molecule has 0 bridgehead atoms. The van der Waals surface area contributed by atoms with E-state index in [2.05, 4.69) is 0 Å². The zero-order valence-electron chi connectivity index (χ0n) is 11.1. The standard InChI is InChI=1S/C15H14O4S/c1-10-6-7-11(2)14(8-10)15(16)12-4-3-5-13(9-12)20(17,18)19/h3-9H,1-2H3,(H,17,18,19). The molecule has 4 nitrogen and oxygen atoms in total. The van der Waals surface area contributed by atoms with E-state index in [1.165, 1.54) is 24.3 Å². The Morgan fingerprint density at radius 3 is 2.40 bits per heavy atom. The summed E-state index contributed by atoms with van der Waals surface area (Å²) in [5.41, 5.74) is 2.52. The first kappa shape index (κ1) is 14.4. The molecule has 1 N–H and O–H groups in total. The Hall–Kier alpha value is -1.98. The van der Waals surface area contributed by atoms with Crippen LogP contribution in [0.2, 0.25) is 0 Å². The Morgan fingerprint density at radius 2 is 1.75 bits per heavy atom. The minimum Gasteiger partial charge on any atom is -0.289 e. The molecule has 5 heteroatoms. The third-order valence-corrected chi connectivity index (χ3v) is 3.88. The second-order valence-electron chi connectivity index (χ2n) is 4.65. The molecule has 0 amide bonds. The molecule has 0 spiro atoms. The summed E-state index contributed by atoms with van der Waals surface area (Å²) in [6.07, 6.45) is 0. The maximum absolute atomic E-state index is 12.4. The van der Waals surface area contributed by atoms with E-state index in [1.54, 1.807) is 6.07 Å². The molecule has 0 aliphatic rings. The quantitative estimate of drug-likeness (QED) is 0.697. The Morgan fingerprint density at radius 1 is 1.05 bits per heavy atom. The first-order chi connectivity index (χ1) is 9.29. The van der Waals surface area contributed by atoms with E-state index in [0.29, 0.717) is 5.56 Å². The highest BCUT2D eigenvalue weighted by Gasteiger charge is 2.15. The molecule has 0 saturated carbocycles. The van der Waals surface area contributed by atoms with Crippen LogP contribution in [0.1, 0.15) is 27.0 Å². The van der Waals surface area contributed by atoms with Gasteiger partial charge in [-0.15, -0.1) is 0 Å². The predicted molar refractivity (Wildman–Crippen MR) is 75.6 cm³/mol. The molecule has 2 aromatic rings. The van der Waals surface area contributed by atoms with Crippen molar-refractivity contribution >= 4 is 15.9 Å². The largest absolute Gasteiger partial charge is 0.294 e. The topological polar surface area (TPSA) is 71.4 Å². The lowest BCUT2D eigenvalue weighted by Gasteiger charge is -2.07. The molecule has 0 aliphatic carbocycles. The molecule has 0 radical (unpaired) electrons. The zero-order chi connectivity index (χ0) is 14.9. The number of aryl methyl sites for hydroxylation is 2. The van der Waals surface area contributed by atoms with E-state index >= 15 is 0 Å². The van der Waals surface area contributed by atoms with Crippen LogP contribution in [0, 0.1) is 13.8 Å². The van der Waals surface area contributed by atoms with Crippen molar-refractivity contribution in [1.82, 2.24) is 0 Å². The number of carbonyl (C=O) groups is 1. The summed E-state index contributed by atoms with van der Waals surface area (Å²) in [7, 11) is -4.31. The van der Waals surface area contributed by atoms with Crippen LogP contribution in [0.3, 0.4) is 0 Å². The summed E-state index contributed by atoms with van der Waals surface area (Å²) >= 11 is 0. The number of carbonyl (C=O) groups excluding carboxylic acids is 1. The highest BCUT2D eigenvalue weighted by atomic mass is 32.2. The van der Waals surface area contributed by atoms with Gasteiger partial charge in [-0.25, -0.2) is 0 Å². The van der Waals surface area contributed by atoms with Crippen molar-refractivity contribution in [3.63, 3.8) is 0 Å². The van der Waals surface area contributed by atoms with Gasteiger partial charge in [0.25, 0.3) is 10.1 Å². The Labute approximate surface area is 117 Å². The molecule has 0 aliphatic heterocycles. The van der Waals surface area contributed by atoms with E-state index in [1.807, 2.05) is 26.0 Å². The van der Waals surface area contributed by atoms with Crippen LogP contribution >= 0.6 is 0 Å². The molecule has 0 saturated heterocycles. The lowest BCUT2D eigenvalue weighted by molar-refractivity contribution is 0.103. The maximum atomic E-state index is 12.4. The summed E-state index contributed by atoms with van der Waals surface area (Å²) < 4.78 is 31.2. The SMILES string of the molecule is Cc1ccc(C)c(C(=O)c2cccc(S(=O)(=O)O)c2)c1. The fourth-order valence-electron chi connectivity index (χ4n) is 1.93. The minimum atomic E-state index is -4.31. The number of ketones is 1. The van der Waals surface area contributed by atoms with Crippen molar-refractivity contribution in [3.8, 4) is 0 Å². The summed E-state index contributed by atoms with van der Waals surface area (Å²) in [6.45, 7) is 3.70. The fourth-order valence-corrected chi connectivity index (χ4v) is 2.46. The number of hydrogen-bond donors (Lipinski definition) is 1. The van der Waals surface area contributed by atoms with Crippen LogP contribution < -0.4 is 0 Å². The zero-order valence-corrected chi connectivity index (χ0v) is 11.9. The molecule has 0 fully saturated rings. The Balaban J connectivity index is 2.52. The first-order valence-electron chi connectivity index (χ1n) is 5.98. The smallest absolute Gasteiger partial charge is 0.289 e. The summed E-state index contributed by atoms with van der Waals surface area (Å²) in [4.78, 5) is 12.1. The third kappa shape index (κ3) is 2.95. The van der Waals surface area contributed by atoms with Gasteiger partial charge in [0.1, 0.15) is 0 Å². The number of hydrogen-bond acceptors (Lipinski definition) is 3. The molecular weight excluding hydrogens is 276 g/mol. The van der Waals surface area contributed by atoms with Gasteiger partial charge in [0.15, 0.2) is 5.78 Å². The average molecular weight is 290 g/mol. The van der Waals surface area contributed by atoms with Crippen LogP contribution in [0.5, 0.6) is 0 Å². The van der Waals surface area contributed by atoms with E-state index < -0.39 is 10.1 Å². The minimum absolute atomic E-state index is 0.230. The molecule has 0 atom stereocenters. The third-order valence-electron chi connectivity index (χ3n) is 3.03. The van der Waals surface area contributed by atoms with E-state index in [4.69, 9.17) is 4.55 Å². The maximum Gasteiger partial charge on any atom is 0.294 e. The molecule has 104 valence electrons. The molecular formula is C15H14O4S. The molecule has 0 heterocycles. The fraction of sp³-hybridized carbons (Fsp3) is 0.133. The van der Waals surface area contributed by atoms with Crippen LogP contribution in [-0.4, -0.2) is 18.8 Å². The van der Waals surface area contributed by atoms with Gasteiger partial charge in [-0.2, -0.15) is 8.42 Å².